The average Bonchev–Trinajstić information content (AvgIpc) is 3.35. The smallest absolute Gasteiger partial charge is 0.272 e. The minimum atomic E-state index is -0.364. The van der Waals surface area contributed by atoms with Crippen LogP contribution in [0.1, 0.15) is 23.1 Å². The highest BCUT2D eigenvalue weighted by molar-refractivity contribution is 5.50. The molecule has 0 saturated heterocycles. The number of aromatic nitrogens is 4. The summed E-state index contributed by atoms with van der Waals surface area (Å²) < 4.78 is 7.71. The van der Waals surface area contributed by atoms with Gasteiger partial charge >= 0.3 is 0 Å². The van der Waals surface area contributed by atoms with Crippen molar-refractivity contribution < 1.29 is 4.74 Å². The summed E-state index contributed by atoms with van der Waals surface area (Å²) in [6.07, 6.45) is 9.65. The van der Waals surface area contributed by atoms with Gasteiger partial charge in [0.1, 0.15) is 16.4 Å². The summed E-state index contributed by atoms with van der Waals surface area (Å²) in [5.74, 6) is 0.768. The lowest BCUT2D eigenvalue weighted by Gasteiger charge is -2.10. The number of nitrogens with zero attached hydrogens (tertiary/aromatic N) is 3. The van der Waals surface area contributed by atoms with E-state index in [-0.39, 0.29) is 21.8 Å². The summed E-state index contributed by atoms with van der Waals surface area (Å²) in [4.78, 5) is 36.7. The van der Waals surface area contributed by atoms with Gasteiger partial charge in [-0.25, -0.2) is 4.98 Å². The van der Waals surface area contributed by atoms with Crippen LogP contribution in [0, 0.1) is 0 Å². The van der Waals surface area contributed by atoms with E-state index in [1.54, 1.807) is 24.7 Å². The van der Waals surface area contributed by atoms with Crippen molar-refractivity contribution in [2.24, 2.45) is 0 Å². The first-order valence-corrected chi connectivity index (χ1v) is 11.4. The fourth-order valence-corrected chi connectivity index (χ4v) is 3.57. The first-order chi connectivity index (χ1) is 17.0. The second kappa shape index (κ2) is 11.3. The number of imidazole rings is 1. The molecule has 8 heteroatoms. The highest BCUT2D eigenvalue weighted by Gasteiger charge is 2.00. The molecule has 0 bridgehead atoms. The Hall–Kier alpha value is -4.17. The SMILES string of the molecule is CN(C)CCCOc1ccc(/C=c2\[nH]c(=O)/c(=C/c3ccc(Cn4ccnc4)cc3)[nH]c2=O)cc1. The summed E-state index contributed by atoms with van der Waals surface area (Å²) in [6, 6.07) is 15.2. The molecule has 8 nitrogen and oxygen atoms in total. The molecule has 0 unspecified atom stereocenters. The Bertz CT molecular complexity index is 1470. The maximum Gasteiger partial charge on any atom is 0.272 e. The van der Waals surface area contributed by atoms with Crippen molar-refractivity contribution in [2.75, 3.05) is 27.2 Å². The van der Waals surface area contributed by atoms with Crippen LogP contribution in [0.15, 0.2) is 76.8 Å². The molecule has 0 atom stereocenters. The van der Waals surface area contributed by atoms with Crippen LogP contribution in [0.25, 0.3) is 12.2 Å². The molecule has 2 aromatic heterocycles. The van der Waals surface area contributed by atoms with Crippen LogP contribution in [-0.2, 0) is 6.54 Å². The molecule has 180 valence electrons. The summed E-state index contributed by atoms with van der Waals surface area (Å²) >= 11 is 0. The van der Waals surface area contributed by atoms with E-state index in [0.29, 0.717) is 13.2 Å². The third-order valence-electron chi connectivity index (χ3n) is 5.41. The van der Waals surface area contributed by atoms with Crippen LogP contribution in [0.5, 0.6) is 5.75 Å². The van der Waals surface area contributed by atoms with Gasteiger partial charge in [0.15, 0.2) is 0 Å². The molecule has 4 aromatic rings. The van der Waals surface area contributed by atoms with Gasteiger partial charge in [0, 0.05) is 25.5 Å². The van der Waals surface area contributed by atoms with Crippen LogP contribution < -0.4 is 26.6 Å². The Kier molecular flexibility index (Phi) is 7.74. The number of H-pyrrole nitrogens is 2. The first-order valence-electron chi connectivity index (χ1n) is 11.4. The van der Waals surface area contributed by atoms with Crippen LogP contribution in [0.4, 0.5) is 0 Å². The number of nitrogens with one attached hydrogen (secondary N) is 2. The van der Waals surface area contributed by atoms with Gasteiger partial charge in [-0.2, -0.15) is 0 Å². The second-order valence-corrected chi connectivity index (χ2v) is 8.58. The van der Waals surface area contributed by atoms with E-state index in [1.807, 2.05) is 73.4 Å². The number of rotatable bonds is 9. The molecule has 0 amide bonds. The summed E-state index contributed by atoms with van der Waals surface area (Å²) in [5.41, 5.74) is 1.99. The molecule has 0 saturated carbocycles. The average molecular weight is 472 g/mol. The van der Waals surface area contributed by atoms with Crippen LogP contribution in [0.3, 0.4) is 0 Å². The van der Waals surface area contributed by atoms with Crippen molar-refractivity contribution >= 4 is 12.2 Å². The third kappa shape index (κ3) is 6.91. The maximum atomic E-state index is 12.6. The Labute approximate surface area is 202 Å². The Balaban J connectivity index is 1.48. The van der Waals surface area contributed by atoms with Crippen molar-refractivity contribution in [3.63, 3.8) is 0 Å². The zero-order chi connectivity index (χ0) is 24.6. The molecule has 0 aliphatic rings. The van der Waals surface area contributed by atoms with E-state index >= 15 is 0 Å². The van der Waals surface area contributed by atoms with Crippen molar-refractivity contribution in [3.8, 4) is 5.75 Å². The minimum Gasteiger partial charge on any atom is -0.494 e. The number of aromatic amines is 2. The predicted molar refractivity (Wildman–Crippen MR) is 137 cm³/mol. The number of hydrogen-bond acceptors (Lipinski definition) is 5. The lowest BCUT2D eigenvalue weighted by molar-refractivity contribution is 0.281. The molecule has 0 fully saturated rings. The van der Waals surface area contributed by atoms with E-state index in [9.17, 15) is 9.59 Å². The van der Waals surface area contributed by atoms with Crippen molar-refractivity contribution in [1.82, 2.24) is 24.4 Å². The summed E-state index contributed by atoms with van der Waals surface area (Å²) in [5, 5.41) is 0.401. The zero-order valence-electron chi connectivity index (χ0n) is 19.9. The quantitative estimate of drug-likeness (QED) is 0.359. The zero-order valence-corrected chi connectivity index (χ0v) is 19.9. The normalized spacial score (nSPS) is 12.4. The molecule has 0 spiro atoms. The Morgan fingerprint density at radius 1 is 0.914 bits per heavy atom. The number of benzene rings is 2. The number of ether oxygens (including phenoxy) is 1. The molecule has 4 rings (SSSR count). The summed E-state index contributed by atoms with van der Waals surface area (Å²) in [7, 11) is 4.06. The molecular formula is C27H29N5O3. The molecule has 2 N–H and O–H groups in total. The van der Waals surface area contributed by atoms with Crippen molar-refractivity contribution in [2.45, 2.75) is 13.0 Å². The van der Waals surface area contributed by atoms with Gasteiger partial charge in [-0.3, -0.25) is 9.59 Å². The van der Waals surface area contributed by atoms with Gasteiger partial charge in [0.05, 0.1) is 12.9 Å². The topological polar surface area (TPSA) is 96.0 Å². The van der Waals surface area contributed by atoms with E-state index in [0.717, 1.165) is 35.4 Å². The van der Waals surface area contributed by atoms with Gasteiger partial charge in [-0.05, 0) is 61.5 Å². The second-order valence-electron chi connectivity index (χ2n) is 8.58. The molecule has 0 aliphatic carbocycles. The van der Waals surface area contributed by atoms with Gasteiger partial charge in [-0.15, -0.1) is 0 Å². The lowest BCUT2D eigenvalue weighted by Crippen LogP contribution is -2.46. The molecule has 0 aliphatic heterocycles. The fourth-order valence-electron chi connectivity index (χ4n) is 3.57. The standard InChI is InChI=1S/C27H29N5O3/c1-31(2)13-3-15-35-23-10-8-21(9-11-23)17-25-27(34)29-24(26(33)30-25)16-20-4-6-22(7-5-20)18-32-14-12-28-19-32/h4-12,14,16-17,19H,3,13,15,18H2,1-2H3,(H,29,34)(H,30,33)/b24-16-,25-17-. The molecular weight excluding hydrogens is 442 g/mol. The van der Waals surface area contributed by atoms with Crippen LogP contribution >= 0.6 is 0 Å². The lowest BCUT2D eigenvalue weighted by atomic mass is 10.1. The van der Waals surface area contributed by atoms with E-state index in [4.69, 9.17) is 4.74 Å². The molecule has 0 radical (unpaired) electrons. The van der Waals surface area contributed by atoms with E-state index in [2.05, 4.69) is 19.9 Å². The fraction of sp³-hybridized carbons (Fsp3) is 0.222. The predicted octanol–water partition coefficient (Wildman–Crippen LogP) is 1.30. The van der Waals surface area contributed by atoms with Gasteiger partial charge in [0.2, 0.25) is 0 Å². The van der Waals surface area contributed by atoms with Gasteiger partial charge in [-0.1, -0.05) is 36.4 Å². The molecule has 35 heavy (non-hydrogen) atoms. The molecule has 2 aromatic carbocycles. The maximum absolute atomic E-state index is 12.6. The third-order valence-corrected chi connectivity index (χ3v) is 5.41. The van der Waals surface area contributed by atoms with E-state index < -0.39 is 0 Å². The minimum absolute atomic E-state index is 0.197. The summed E-state index contributed by atoms with van der Waals surface area (Å²) in [6.45, 7) is 2.32. The van der Waals surface area contributed by atoms with Gasteiger partial charge < -0.3 is 24.2 Å². The first kappa shape index (κ1) is 24.0. The Morgan fingerprint density at radius 3 is 2.06 bits per heavy atom. The largest absolute Gasteiger partial charge is 0.494 e. The monoisotopic (exact) mass is 471 g/mol. The molecule has 2 heterocycles. The van der Waals surface area contributed by atoms with Gasteiger partial charge in [0.25, 0.3) is 11.1 Å². The number of hydrogen-bond donors (Lipinski definition) is 2. The van der Waals surface area contributed by atoms with Crippen LogP contribution in [0.2, 0.25) is 0 Å². The highest BCUT2D eigenvalue weighted by atomic mass is 16.5. The van der Waals surface area contributed by atoms with E-state index in [1.165, 1.54) is 0 Å². The highest BCUT2D eigenvalue weighted by Crippen LogP contribution is 2.12. The van der Waals surface area contributed by atoms with Crippen molar-refractivity contribution in [3.05, 3.63) is 115 Å². The Morgan fingerprint density at radius 2 is 1.51 bits per heavy atom. The van der Waals surface area contributed by atoms with Crippen LogP contribution in [-0.4, -0.2) is 51.7 Å². The van der Waals surface area contributed by atoms with Crippen molar-refractivity contribution in [1.29, 1.82) is 0 Å².